The SMILES string of the molecule is COc1cc(N2CCC(N3CCN(C)CC3)CC2)c(C)cc1Nc1ncc(C)c(Nc2ccc3nccnc3c2P(C)C)n1. The molecule has 6 rings (SSSR count). The Bertz CT molecular complexity index is 1610. The van der Waals surface area contributed by atoms with E-state index >= 15 is 0 Å². The Kier molecular flexibility index (Phi) is 9.12. The Morgan fingerprint density at radius 1 is 0.864 bits per heavy atom. The Labute approximate surface area is 262 Å². The first kappa shape index (κ1) is 30.4. The van der Waals surface area contributed by atoms with E-state index in [4.69, 9.17) is 9.72 Å². The van der Waals surface area contributed by atoms with E-state index in [0.29, 0.717) is 12.0 Å². The highest BCUT2D eigenvalue weighted by Crippen LogP contribution is 2.37. The van der Waals surface area contributed by atoms with Gasteiger partial charge in [0, 0.05) is 92.2 Å². The molecule has 2 saturated heterocycles. The van der Waals surface area contributed by atoms with E-state index in [9.17, 15) is 0 Å². The molecule has 11 heteroatoms. The number of aryl methyl sites for hydroxylation is 2. The maximum Gasteiger partial charge on any atom is 0.229 e. The second kappa shape index (κ2) is 13.2. The number of likely N-dealkylation sites (N-methyl/N-ethyl adjacent to an activating group) is 1. The number of fused-ring (bicyclic) bond motifs is 1. The van der Waals surface area contributed by atoms with Crippen LogP contribution >= 0.6 is 7.92 Å². The number of ether oxygens (including phenoxy) is 1. The summed E-state index contributed by atoms with van der Waals surface area (Å²) in [6.07, 6.45) is 7.73. The minimum atomic E-state index is -0.445. The number of piperazine rings is 1. The molecular formula is C33H44N9OP. The Morgan fingerprint density at radius 2 is 1.61 bits per heavy atom. The molecule has 4 aromatic rings. The fourth-order valence-electron chi connectivity index (χ4n) is 6.40. The molecule has 0 aliphatic carbocycles. The molecule has 0 radical (unpaired) electrons. The van der Waals surface area contributed by atoms with Gasteiger partial charge in [-0.05, 0) is 70.8 Å². The summed E-state index contributed by atoms with van der Waals surface area (Å²) < 4.78 is 5.88. The predicted molar refractivity (Wildman–Crippen MR) is 183 cm³/mol. The zero-order chi connectivity index (χ0) is 30.8. The summed E-state index contributed by atoms with van der Waals surface area (Å²) in [6.45, 7) is 15.5. The van der Waals surface area contributed by atoms with Gasteiger partial charge < -0.3 is 25.2 Å². The van der Waals surface area contributed by atoms with E-state index in [1.807, 2.05) is 19.2 Å². The van der Waals surface area contributed by atoms with Crippen molar-refractivity contribution < 1.29 is 4.74 Å². The maximum absolute atomic E-state index is 5.88. The van der Waals surface area contributed by atoms with Gasteiger partial charge in [0.05, 0.1) is 23.8 Å². The lowest BCUT2D eigenvalue weighted by atomic mass is 10.0. The summed E-state index contributed by atoms with van der Waals surface area (Å²) in [4.78, 5) is 26.3. The number of piperidine rings is 1. The van der Waals surface area contributed by atoms with Crippen LogP contribution in [0.1, 0.15) is 24.0 Å². The second-order valence-electron chi connectivity index (χ2n) is 12.2. The van der Waals surface area contributed by atoms with Crippen LogP contribution in [0.5, 0.6) is 5.75 Å². The Morgan fingerprint density at radius 3 is 2.34 bits per heavy atom. The zero-order valence-electron chi connectivity index (χ0n) is 26.8. The standard InChI is InChI=1S/C33H44N9OP/c1-22-19-27(29(43-4)20-28(22)42-13-9-24(10-14-42)41-17-15-40(3)16-18-41)38-33-36-21-23(2)32(39-33)37-26-8-7-25-30(31(26)44(5)6)35-12-11-34-25/h7-8,11-12,19-21,24H,9-10,13-18H2,1-6H3,(H2,36,37,38,39). The van der Waals surface area contributed by atoms with Gasteiger partial charge in [-0.2, -0.15) is 4.98 Å². The third kappa shape index (κ3) is 6.43. The largest absolute Gasteiger partial charge is 0.494 e. The van der Waals surface area contributed by atoms with Crippen LogP contribution in [-0.4, -0.2) is 103 Å². The van der Waals surface area contributed by atoms with Gasteiger partial charge in [-0.3, -0.25) is 14.9 Å². The van der Waals surface area contributed by atoms with Gasteiger partial charge in [-0.15, -0.1) is 0 Å². The van der Waals surface area contributed by atoms with E-state index in [1.54, 1.807) is 19.5 Å². The molecule has 0 amide bonds. The van der Waals surface area contributed by atoms with Gasteiger partial charge in [0.25, 0.3) is 0 Å². The average molecular weight is 614 g/mol. The number of anilines is 5. The number of hydrogen-bond acceptors (Lipinski definition) is 10. The van der Waals surface area contributed by atoms with Gasteiger partial charge >= 0.3 is 0 Å². The Hall–Kier alpha value is -3.59. The van der Waals surface area contributed by atoms with Crippen molar-refractivity contribution in [2.45, 2.75) is 32.7 Å². The fourth-order valence-corrected chi connectivity index (χ4v) is 7.60. The van der Waals surface area contributed by atoms with Gasteiger partial charge in [-0.25, -0.2) is 4.98 Å². The van der Waals surface area contributed by atoms with E-state index in [0.717, 1.165) is 52.6 Å². The van der Waals surface area contributed by atoms with Gasteiger partial charge in [0.2, 0.25) is 5.95 Å². The lowest BCUT2D eigenvalue weighted by molar-refractivity contribution is 0.0982. The normalized spacial score (nSPS) is 16.9. The highest BCUT2D eigenvalue weighted by atomic mass is 31.1. The van der Waals surface area contributed by atoms with Crippen molar-refractivity contribution in [3.63, 3.8) is 0 Å². The summed E-state index contributed by atoms with van der Waals surface area (Å²) in [7, 11) is 3.50. The minimum absolute atomic E-state index is 0.445. The third-order valence-electron chi connectivity index (χ3n) is 8.91. The van der Waals surface area contributed by atoms with Crippen molar-refractivity contribution >= 4 is 53.1 Å². The number of benzene rings is 2. The lowest BCUT2D eigenvalue weighted by Crippen LogP contribution is -2.52. The van der Waals surface area contributed by atoms with Gasteiger partial charge in [0.1, 0.15) is 11.6 Å². The molecule has 232 valence electrons. The molecule has 2 fully saturated rings. The number of nitrogens with zero attached hydrogens (tertiary/aromatic N) is 7. The van der Waals surface area contributed by atoms with Crippen molar-refractivity contribution in [2.24, 2.45) is 0 Å². The molecule has 2 N–H and O–H groups in total. The van der Waals surface area contributed by atoms with Crippen molar-refractivity contribution in [3.05, 3.63) is 54.0 Å². The molecule has 0 spiro atoms. The second-order valence-corrected chi connectivity index (χ2v) is 14.4. The summed E-state index contributed by atoms with van der Waals surface area (Å²) in [6, 6.07) is 9.08. The monoisotopic (exact) mass is 613 g/mol. The van der Waals surface area contributed by atoms with Crippen LogP contribution in [0.25, 0.3) is 11.0 Å². The van der Waals surface area contributed by atoms with Crippen LogP contribution in [0.4, 0.5) is 28.8 Å². The molecule has 2 aromatic heterocycles. The first-order valence-electron chi connectivity index (χ1n) is 15.5. The van der Waals surface area contributed by atoms with E-state index in [2.05, 4.69) is 85.8 Å². The fraction of sp³-hybridized carbons (Fsp3) is 0.455. The molecule has 2 aliphatic rings. The molecule has 44 heavy (non-hydrogen) atoms. The van der Waals surface area contributed by atoms with Gasteiger partial charge in [0.15, 0.2) is 0 Å². The molecule has 0 unspecified atom stereocenters. The van der Waals surface area contributed by atoms with Crippen LogP contribution in [-0.2, 0) is 0 Å². The van der Waals surface area contributed by atoms with Crippen LogP contribution in [0.2, 0.25) is 0 Å². The summed E-state index contributed by atoms with van der Waals surface area (Å²) in [5.74, 6) is 2.04. The van der Waals surface area contributed by atoms with Crippen molar-refractivity contribution in [3.8, 4) is 5.75 Å². The minimum Gasteiger partial charge on any atom is -0.494 e. The van der Waals surface area contributed by atoms with Crippen molar-refractivity contribution in [2.75, 3.05) is 82.3 Å². The quantitative estimate of drug-likeness (QED) is 0.261. The number of aromatic nitrogens is 4. The van der Waals surface area contributed by atoms with E-state index in [-0.39, 0.29) is 0 Å². The summed E-state index contributed by atoms with van der Waals surface area (Å²) >= 11 is 0. The molecule has 0 atom stereocenters. The summed E-state index contributed by atoms with van der Waals surface area (Å²) in [5, 5.41) is 8.19. The van der Waals surface area contributed by atoms with Gasteiger partial charge in [-0.1, -0.05) is 7.92 Å². The highest BCUT2D eigenvalue weighted by molar-refractivity contribution is 7.65. The topological polar surface area (TPSA) is 94.6 Å². The molecule has 4 heterocycles. The molecule has 0 bridgehead atoms. The smallest absolute Gasteiger partial charge is 0.229 e. The van der Waals surface area contributed by atoms with Crippen LogP contribution in [0, 0.1) is 13.8 Å². The van der Waals surface area contributed by atoms with Crippen LogP contribution < -0.4 is 25.6 Å². The Balaban J connectivity index is 1.19. The number of nitrogens with one attached hydrogen (secondary N) is 2. The van der Waals surface area contributed by atoms with Crippen LogP contribution in [0.15, 0.2) is 42.9 Å². The first-order chi connectivity index (χ1) is 21.3. The van der Waals surface area contributed by atoms with Crippen molar-refractivity contribution in [1.29, 1.82) is 0 Å². The molecule has 10 nitrogen and oxygen atoms in total. The highest BCUT2D eigenvalue weighted by Gasteiger charge is 2.28. The predicted octanol–water partition coefficient (Wildman–Crippen LogP) is 5.12. The van der Waals surface area contributed by atoms with E-state index in [1.165, 1.54) is 55.6 Å². The average Bonchev–Trinajstić information content (AvgIpc) is 3.03. The third-order valence-corrected chi connectivity index (χ3v) is 10.3. The number of methoxy groups -OCH3 is 1. The number of hydrogen-bond donors (Lipinski definition) is 2. The molecular weight excluding hydrogens is 569 g/mol. The summed E-state index contributed by atoms with van der Waals surface area (Å²) in [5.41, 5.74) is 7.07. The maximum atomic E-state index is 5.88. The molecule has 2 aromatic carbocycles. The zero-order valence-corrected chi connectivity index (χ0v) is 27.7. The lowest BCUT2D eigenvalue weighted by Gasteiger charge is -2.43. The van der Waals surface area contributed by atoms with E-state index < -0.39 is 7.92 Å². The molecule has 0 saturated carbocycles. The number of rotatable bonds is 8. The van der Waals surface area contributed by atoms with Crippen LogP contribution in [0.3, 0.4) is 0 Å². The molecule has 2 aliphatic heterocycles. The van der Waals surface area contributed by atoms with Crippen molar-refractivity contribution in [1.82, 2.24) is 29.7 Å². The first-order valence-corrected chi connectivity index (χ1v) is 17.7.